The van der Waals surface area contributed by atoms with E-state index >= 15 is 0 Å². The summed E-state index contributed by atoms with van der Waals surface area (Å²) in [5.74, 6) is 1.76. The SMILES string of the molecule is CN1CC[C@]23c4c5ccc(OP=O)c4O[C@@]2(C)C(=O)CC[C@H]3C1C5. The van der Waals surface area contributed by atoms with Gasteiger partial charge in [0.25, 0.3) is 0 Å². The number of piperidine rings is 1. The normalized spacial score (nSPS) is 39.5. The summed E-state index contributed by atoms with van der Waals surface area (Å²) in [4.78, 5) is 15.4. The highest BCUT2D eigenvalue weighted by molar-refractivity contribution is 7.17. The van der Waals surface area contributed by atoms with Crippen LogP contribution in [-0.2, 0) is 21.2 Å². The van der Waals surface area contributed by atoms with E-state index in [-0.39, 0.29) is 11.2 Å². The summed E-state index contributed by atoms with van der Waals surface area (Å²) in [6.45, 7) is 2.94. The second kappa shape index (κ2) is 4.59. The van der Waals surface area contributed by atoms with Crippen molar-refractivity contribution in [2.75, 3.05) is 13.6 Å². The number of carbonyl (C=O) groups is 1. The van der Waals surface area contributed by atoms with Crippen molar-refractivity contribution in [3.63, 3.8) is 0 Å². The Hall–Kier alpha value is -1.45. The summed E-state index contributed by atoms with van der Waals surface area (Å²) in [6, 6.07) is 4.35. The lowest BCUT2D eigenvalue weighted by molar-refractivity contribution is -0.153. The summed E-state index contributed by atoms with van der Waals surface area (Å²) in [5.41, 5.74) is 1.33. The molecule has 6 heteroatoms. The molecule has 0 aromatic heterocycles. The zero-order valence-corrected chi connectivity index (χ0v) is 14.8. The summed E-state index contributed by atoms with van der Waals surface area (Å²) in [7, 11) is 1.80. The van der Waals surface area contributed by atoms with Gasteiger partial charge in [-0.1, -0.05) is 6.07 Å². The number of rotatable bonds is 2. The van der Waals surface area contributed by atoms with Crippen molar-refractivity contribution in [3.8, 4) is 11.5 Å². The van der Waals surface area contributed by atoms with Gasteiger partial charge in [-0.3, -0.25) is 4.79 Å². The van der Waals surface area contributed by atoms with Crippen LogP contribution in [0.25, 0.3) is 0 Å². The molecule has 1 spiro atoms. The minimum atomic E-state index is -0.827. The molecule has 2 aliphatic carbocycles. The van der Waals surface area contributed by atoms with E-state index in [0.717, 1.165) is 31.4 Å². The van der Waals surface area contributed by atoms with Gasteiger partial charge in [-0.15, -0.1) is 0 Å². The van der Waals surface area contributed by atoms with Gasteiger partial charge in [0.15, 0.2) is 22.9 Å². The number of carbonyl (C=O) groups excluding carboxylic acids is 1. The van der Waals surface area contributed by atoms with Crippen molar-refractivity contribution < 1.29 is 18.6 Å². The Labute approximate surface area is 142 Å². The van der Waals surface area contributed by atoms with Crippen LogP contribution in [0.2, 0.25) is 0 Å². The van der Waals surface area contributed by atoms with Gasteiger partial charge in [0, 0.05) is 18.0 Å². The summed E-state index contributed by atoms with van der Waals surface area (Å²) >= 11 is 0. The Morgan fingerprint density at radius 3 is 3.04 bits per heavy atom. The molecular weight excluding hydrogens is 325 g/mol. The second-order valence-corrected chi connectivity index (χ2v) is 8.10. The van der Waals surface area contributed by atoms with Crippen molar-refractivity contribution in [1.29, 1.82) is 0 Å². The van der Waals surface area contributed by atoms with Crippen LogP contribution >= 0.6 is 8.69 Å². The minimum Gasteiger partial charge on any atom is -0.475 e. The third-order valence-corrected chi connectivity index (χ3v) is 7.38. The molecule has 2 heterocycles. The van der Waals surface area contributed by atoms with Crippen LogP contribution in [0, 0.1) is 5.92 Å². The van der Waals surface area contributed by atoms with Crippen LogP contribution in [0.5, 0.6) is 11.5 Å². The fraction of sp³-hybridized carbons (Fsp3) is 0.611. The lowest BCUT2D eigenvalue weighted by Crippen LogP contribution is -2.70. The third kappa shape index (κ3) is 1.45. The molecule has 5 rings (SSSR count). The molecule has 2 bridgehead atoms. The molecule has 1 aromatic rings. The van der Waals surface area contributed by atoms with Crippen LogP contribution in [0.1, 0.15) is 37.3 Å². The molecule has 4 aliphatic rings. The number of nitrogens with zero attached hydrogens (tertiary/aromatic N) is 1. The maximum absolute atomic E-state index is 12.9. The second-order valence-electron chi connectivity index (χ2n) is 7.77. The smallest absolute Gasteiger partial charge is 0.395 e. The highest BCUT2D eigenvalue weighted by Crippen LogP contribution is 2.66. The highest BCUT2D eigenvalue weighted by atomic mass is 31.1. The maximum Gasteiger partial charge on any atom is 0.395 e. The van der Waals surface area contributed by atoms with Crippen LogP contribution < -0.4 is 9.26 Å². The Balaban J connectivity index is 1.83. The van der Waals surface area contributed by atoms with Crippen molar-refractivity contribution in [3.05, 3.63) is 23.3 Å². The van der Waals surface area contributed by atoms with Gasteiger partial charge in [-0.2, -0.15) is 0 Å². The summed E-state index contributed by atoms with van der Waals surface area (Å²) in [5, 5.41) is 0. The summed E-state index contributed by atoms with van der Waals surface area (Å²) < 4.78 is 22.6. The van der Waals surface area contributed by atoms with Crippen LogP contribution in [-0.4, -0.2) is 35.9 Å². The molecule has 4 atom stereocenters. The zero-order valence-electron chi connectivity index (χ0n) is 13.9. The standard InChI is InChI=1S/C18H20NO4P/c1-17-14(20)6-4-11-12-9-10-3-5-13(23-24-21)16(22-17)15(10)18(11,17)7-8-19(12)2/h3,5,11-12H,4,6-9H2,1-2H3/t11-,12?,17-,18-/m0/s1. The molecule has 1 saturated carbocycles. The Bertz CT molecular complexity index is 781. The van der Waals surface area contributed by atoms with Crippen LogP contribution in [0.4, 0.5) is 0 Å². The van der Waals surface area contributed by atoms with Gasteiger partial charge in [-0.05, 0) is 57.3 Å². The van der Waals surface area contributed by atoms with E-state index in [2.05, 4.69) is 18.0 Å². The first kappa shape index (κ1) is 14.9. The number of benzene rings is 1. The topological polar surface area (TPSA) is 55.8 Å². The number of hydrogen-bond donors (Lipinski definition) is 0. The number of ketones is 1. The fourth-order valence-electron chi connectivity index (χ4n) is 6.05. The number of ether oxygens (including phenoxy) is 1. The van der Waals surface area contributed by atoms with E-state index in [0.29, 0.717) is 29.9 Å². The molecule has 1 aromatic carbocycles. The largest absolute Gasteiger partial charge is 0.475 e. The van der Waals surface area contributed by atoms with Crippen LogP contribution in [0.3, 0.4) is 0 Å². The number of likely N-dealkylation sites (tertiary alicyclic amines) is 1. The first-order valence-electron chi connectivity index (χ1n) is 8.61. The molecule has 2 fully saturated rings. The van der Waals surface area contributed by atoms with Crippen molar-refractivity contribution in [2.45, 2.75) is 49.7 Å². The van der Waals surface area contributed by atoms with Crippen molar-refractivity contribution in [1.82, 2.24) is 4.90 Å². The number of likely N-dealkylation sites (N-methyl/N-ethyl adjacent to an activating group) is 1. The van der Waals surface area contributed by atoms with E-state index in [1.54, 1.807) is 0 Å². The minimum absolute atomic E-state index is 0.191. The fourth-order valence-corrected chi connectivity index (χ4v) is 6.27. The van der Waals surface area contributed by atoms with E-state index in [9.17, 15) is 9.36 Å². The molecule has 0 radical (unpaired) electrons. The molecule has 1 unspecified atom stereocenters. The van der Waals surface area contributed by atoms with Gasteiger partial charge >= 0.3 is 8.69 Å². The molecule has 1 saturated heterocycles. The van der Waals surface area contributed by atoms with Crippen molar-refractivity contribution in [2.24, 2.45) is 5.92 Å². The molecule has 5 nitrogen and oxygen atoms in total. The van der Waals surface area contributed by atoms with Crippen LogP contribution in [0.15, 0.2) is 12.1 Å². The molecule has 126 valence electrons. The average molecular weight is 345 g/mol. The first-order chi connectivity index (χ1) is 11.5. The van der Waals surface area contributed by atoms with Gasteiger partial charge in [0.2, 0.25) is 0 Å². The lowest BCUT2D eigenvalue weighted by atomic mass is 9.47. The highest BCUT2D eigenvalue weighted by Gasteiger charge is 2.71. The molecule has 0 N–H and O–H groups in total. The van der Waals surface area contributed by atoms with E-state index in [4.69, 9.17) is 9.26 Å². The molecule has 24 heavy (non-hydrogen) atoms. The Morgan fingerprint density at radius 2 is 2.25 bits per heavy atom. The van der Waals surface area contributed by atoms with E-state index < -0.39 is 14.3 Å². The third-order valence-electron chi connectivity index (χ3n) is 7.11. The predicted molar refractivity (Wildman–Crippen MR) is 87.9 cm³/mol. The number of Topliss-reactive ketones (excluding diaryl/α,β-unsaturated/α-hetero) is 1. The van der Waals surface area contributed by atoms with Gasteiger partial charge in [0.1, 0.15) is 0 Å². The maximum atomic E-state index is 12.9. The quantitative estimate of drug-likeness (QED) is 0.772. The van der Waals surface area contributed by atoms with E-state index in [1.165, 1.54) is 5.56 Å². The summed E-state index contributed by atoms with van der Waals surface area (Å²) in [6.07, 6.45) is 3.41. The first-order valence-corrected chi connectivity index (χ1v) is 9.34. The average Bonchev–Trinajstić information content (AvgIpc) is 2.84. The van der Waals surface area contributed by atoms with Gasteiger partial charge < -0.3 is 14.2 Å². The van der Waals surface area contributed by atoms with E-state index in [1.807, 2.05) is 13.0 Å². The molecule has 2 aliphatic heterocycles. The monoisotopic (exact) mass is 345 g/mol. The zero-order chi connectivity index (χ0) is 16.7. The van der Waals surface area contributed by atoms with Gasteiger partial charge in [-0.25, -0.2) is 4.57 Å². The Morgan fingerprint density at radius 1 is 1.42 bits per heavy atom. The molecule has 0 amide bonds. The molecular formula is C18H20NO4P. The predicted octanol–water partition coefficient (Wildman–Crippen LogP) is 2.90. The lowest BCUT2D eigenvalue weighted by Gasteiger charge is -2.60. The van der Waals surface area contributed by atoms with Gasteiger partial charge in [0.05, 0.1) is 5.41 Å². The van der Waals surface area contributed by atoms with Crippen molar-refractivity contribution >= 4 is 14.5 Å². The number of hydrogen-bond acceptors (Lipinski definition) is 5. The Kier molecular flexibility index (Phi) is 2.84.